The van der Waals surface area contributed by atoms with Crippen molar-refractivity contribution in [1.82, 2.24) is 30.2 Å². The van der Waals surface area contributed by atoms with Crippen molar-refractivity contribution in [3.8, 4) is 22.4 Å². The Morgan fingerprint density at radius 1 is 0.929 bits per heavy atom. The third-order valence-corrected chi connectivity index (χ3v) is 6.57. The Morgan fingerprint density at radius 2 is 1.60 bits per heavy atom. The van der Waals surface area contributed by atoms with Crippen LogP contribution in [0.3, 0.4) is 0 Å². The topological polar surface area (TPSA) is 137 Å². The molecular weight excluding hydrogens is 538 g/mol. The van der Waals surface area contributed by atoms with Gasteiger partial charge in [-0.25, -0.2) is 4.98 Å². The molecule has 3 N–H and O–H groups in total. The Balaban J connectivity index is 1.20. The molecule has 3 aromatic heterocycles. The summed E-state index contributed by atoms with van der Waals surface area (Å²) >= 11 is 0. The Kier molecular flexibility index (Phi) is 12.3. The first-order valence-corrected chi connectivity index (χ1v) is 14.3. The maximum Gasteiger partial charge on any atom is 0.239 e. The fraction of sp³-hybridized carbons (Fsp3) is 0.467. The number of nitrogens with one attached hydrogen (secondary N) is 3. The van der Waals surface area contributed by atoms with Crippen molar-refractivity contribution >= 4 is 17.4 Å². The van der Waals surface area contributed by atoms with Crippen LogP contribution >= 0.6 is 0 Å². The minimum absolute atomic E-state index is 0.103. The number of imidazole rings is 1. The van der Waals surface area contributed by atoms with Gasteiger partial charge in [-0.1, -0.05) is 29.4 Å². The van der Waals surface area contributed by atoms with Crippen molar-refractivity contribution in [2.45, 2.75) is 26.7 Å². The zero-order valence-corrected chi connectivity index (χ0v) is 24.6. The van der Waals surface area contributed by atoms with Gasteiger partial charge in [0.15, 0.2) is 5.65 Å². The average Bonchev–Trinajstić information content (AvgIpc) is 3.55. The molecule has 3 heterocycles. The van der Waals surface area contributed by atoms with Gasteiger partial charge in [0.1, 0.15) is 17.3 Å². The number of benzene rings is 1. The van der Waals surface area contributed by atoms with Crippen LogP contribution in [0.15, 0.2) is 47.4 Å². The van der Waals surface area contributed by atoms with E-state index < -0.39 is 0 Å². The molecule has 0 unspecified atom stereocenters. The maximum absolute atomic E-state index is 12.6. The fourth-order valence-electron chi connectivity index (χ4n) is 4.49. The fourth-order valence-corrected chi connectivity index (χ4v) is 4.49. The summed E-state index contributed by atoms with van der Waals surface area (Å²) in [5.74, 6) is 1.39. The molecule has 0 spiro atoms. The smallest absolute Gasteiger partial charge is 0.239 e. The summed E-state index contributed by atoms with van der Waals surface area (Å²) in [4.78, 5) is 21.5. The van der Waals surface area contributed by atoms with Crippen LogP contribution < -0.4 is 16.0 Å². The van der Waals surface area contributed by atoms with Crippen LogP contribution in [0, 0.1) is 13.8 Å². The molecule has 12 nitrogen and oxygen atoms in total. The van der Waals surface area contributed by atoms with Gasteiger partial charge in [-0.2, -0.15) is 0 Å². The second kappa shape index (κ2) is 16.6. The van der Waals surface area contributed by atoms with Gasteiger partial charge in [-0.15, -0.1) is 0 Å². The summed E-state index contributed by atoms with van der Waals surface area (Å²) in [7, 11) is 1.93. The van der Waals surface area contributed by atoms with Crippen molar-refractivity contribution < 1.29 is 23.5 Å². The number of anilines is 1. The number of carbonyl (C=O) groups is 1. The van der Waals surface area contributed by atoms with Crippen LogP contribution in [0.5, 0.6) is 0 Å². The number of carbonyl (C=O) groups excluding carboxylic acids is 1. The van der Waals surface area contributed by atoms with Gasteiger partial charge in [0.05, 0.1) is 44.9 Å². The lowest BCUT2D eigenvalue weighted by Crippen LogP contribution is -2.31. The van der Waals surface area contributed by atoms with Gasteiger partial charge >= 0.3 is 0 Å². The SMILES string of the molecule is CNCCCOCCOCCOCCCNC(=O)CNc1c(-c2ccc(-c3c(C)noc3C)cc2)nc2cnccn12. The molecule has 12 heteroatoms. The van der Waals surface area contributed by atoms with Crippen molar-refractivity contribution in [2.24, 2.45) is 0 Å². The van der Waals surface area contributed by atoms with E-state index in [2.05, 4.69) is 26.1 Å². The first-order valence-electron chi connectivity index (χ1n) is 14.3. The van der Waals surface area contributed by atoms with E-state index in [1.165, 1.54) is 0 Å². The van der Waals surface area contributed by atoms with E-state index in [-0.39, 0.29) is 12.5 Å². The summed E-state index contributed by atoms with van der Waals surface area (Å²) in [6, 6.07) is 8.06. The number of ether oxygens (including phenoxy) is 3. The number of rotatable bonds is 19. The summed E-state index contributed by atoms with van der Waals surface area (Å²) < 4.78 is 23.8. The van der Waals surface area contributed by atoms with Gasteiger partial charge in [0.2, 0.25) is 5.91 Å². The van der Waals surface area contributed by atoms with Crippen LogP contribution in [0.4, 0.5) is 5.82 Å². The minimum atomic E-state index is -0.114. The van der Waals surface area contributed by atoms with Crippen molar-refractivity contribution in [2.75, 3.05) is 71.6 Å². The largest absolute Gasteiger partial charge is 0.379 e. The molecule has 4 aromatic rings. The van der Waals surface area contributed by atoms with Crippen molar-refractivity contribution in [3.63, 3.8) is 0 Å². The summed E-state index contributed by atoms with van der Waals surface area (Å²) in [6.07, 6.45) is 6.91. The molecule has 42 heavy (non-hydrogen) atoms. The van der Waals surface area contributed by atoms with Crippen molar-refractivity contribution in [3.05, 3.63) is 54.3 Å². The van der Waals surface area contributed by atoms with Gasteiger partial charge in [0.25, 0.3) is 0 Å². The Labute approximate surface area is 246 Å². The first-order chi connectivity index (χ1) is 20.6. The van der Waals surface area contributed by atoms with Crippen LogP contribution in [0.2, 0.25) is 0 Å². The maximum atomic E-state index is 12.6. The highest BCUT2D eigenvalue weighted by atomic mass is 16.5. The van der Waals surface area contributed by atoms with E-state index in [1.807, 2.05) is 55.8 Å². The molecule has 226 valence electrons. The lowest BCUT2D eigenvalue weighted by molar-refractivity contribution is -0.119. The minimum Gasteiger partial charge on any atom is -0.379 e. The van der Waals surface area contributed by atoms with Crippen LogP contribution in [0.25, 0.3) is 28.0 Å². The van der Waals surface area contributed by atoms with E-state index in [1.54, 1.807) is 12.4 Å². The lowest BCUT2D eigenvalue weighted by Gasteiger charge is -2.10. The van der Waals surface area contributed by atoms with E-state index >= 15 is 0 Å². The molecular formula is C30H41N7O5. The second-order valence-electron chi connectivity index (χ2n) is 9.74. The molecule has 0 saturated heterocycles. The standard InChI is InChI=1S/C30H41N7O5/c1-22-28(23(2)42-36-22)24-6-8-25(9-7-24)29-30(37-13-12-32-20-26(37)35-29)34-21-27(38)33-11-5-15-40-17-19-41-18-16-39-14-4-10-31-3/h6-9,12-13,20,31,34H,4-5,10-11,14-19,21H2,1-3H3,(H,33,38). The van der Waals surface area contributed by atoms with E-state index in [9.17, 15) is 4.79 Å². The molecule has 0 fully saturated rings. The van der Waals surface area contributed by atoms with Crippen LogP contribution in [-0.2, 0) is 19.0 Å². The third kappa shape index (κ3) is 8.83. The molecule has 0 aliphatic rings. The van der Waals surface area contributed by atoms with Gasteiger partial charge in [-0.05, 0) is 45.8 Å². The number of aryl methyl sites for hydroxylation is 2. The predicted octanol–water partition coefficient (Wildman–Crippen LogP) is 3.25. The second-order valence-corrected chi connectivity index (χ2v) is 9.74. The monoisotopic (exact) mass is 579 g/mol. The molecule has 0 aliphatic heterocycles. The molecule has 0 radical (unpaired) electrons. The molecule has 0 saturated carbocycles. The van der Waals surface area contributed by atoms with E-state index in [0.29, 0.717) is 51.6 Å². The number of fused-ring (bicyclic) bond motifs is 1. The normalized spacial score (nSPS) is 11.3. The van der Waals surface area contributed by atoms with E-state index in [4.69, 9.17) is 23.7 Å². The predicted molar refractivity (Wildman–Crippen MR) is 161 cm³/mol. The molecule has 0 bridgehead atoms. The highest BCUT2D eigenvalue weighted by Crippen LogP contribution is 2.32. The summed E-state index contributed by atoms with van der Waals surface area (Å²) in [5, 5.41) is 13.3. The molecule has 0 atom stereocenters. The number of hydrogen-bond donors (Lipinski definition) is 3. The Morgan fingerprint density at radius 3 is 2.26 bits per heavy atom. The first kappa shape index (κ1) is 31.1. The lowest BCUT2D eigenvalue weighted by atomic mass is 10.0. The zero-order valence-electron chi connectivity index (χ0n) is 24.6. The summed E-state index contributed by atoms with van der Waals surface area (Å²) in [5.41, 5.74) is 5.19. The van der Waals surface area contributed by atoms with Crippen molar-refractivity contribution in [1.29, 1.82) is 0 Å². The summed E-state index contributed by atoms with van der Waals surface area (Å²) in [6.45, 7) is 8.88. The molecule has 1 aromatic carbocycles. The highest BCUT2D eigenvalue weighted by molar-refractivity contribution is 5.84. The Hall–Kier alpha value is -3.84. The number of aromatic nitrogens is 4. The van der Waals surface area contributed by atoms with Gasteiger partial charge in [-0.3, -0.25) is 14.2 Å². The highest BCUT2D eigenvalue weighted by Gasteiger charge is 2.17. The van der Waals surface area contributed by atoms with Crippen LogP contribution in [-0.4, -0.2) is 91.8 Å². The Bertz CT molecular complexity index is 1370. The number of nitrogens with zero attached hydrogens (tertiary/aromatic N) is 4. The zero-order chi connectivity index (χ0) is 29.6. The number of amides is 1. The quantitative estimate of drug-likeness (QED) is 0.142. The molecule has 1 amide bonds. The van der Waals surface area contributed by atoms with Gasteiger partial charge < -0.3 is 34.7 Å². The van der Waals surface area contributed by atoms with Gasteiger partial charge in [0, 0.05) is 43.3 Å². The number of hydrogen-bond acceptors (Lipinski definition) is 10. The van der Waals surface area contributed by atoms with Crippen LogP contribution in [0.1, 0.15) is 24.3 Å². The van der Waals surface area contributed by atoms with E-state index in [0.717, 1.165) is 59.2 Å². The molecule has 4 rings (SSSR count). The molecule has 0 aliphatic carbocycles. The average molecular weight is 580 g/mol. The third-order valence-electron chi connectivity index (χ3n) is 6.57.